The quantitative estimate of drug-likeness (QED) is 0.250. The average Bonchev–Trinajstić information content (AvgIpc) is 2.54. The van der Waals surface area contributed by atoms with Crippen molar-refractivity contribution in [3.05, 3.63) is 0 Å². The third kappa shape index (κ3) is 12.0. The van der Waals surface area contributed by atoms with E-state index in [0.29, 0.717) is 12.3 Å². The molecule has 0 bridgehead atoms. The molecule has 5 heteroatoms. The molecule has 0 aromatic carbocycles. The molecule has 0 aromatic heterocycles. The van der Waals surface area contributed by atoms with E-state index in [0.717, 1.165) is 57.8 Å². The van der Waals surface area contributed by atoms with Gasteiger partial charge in [-0.3, -0.25) is 4.79 Å². The van der Waals surface area contributed by atoms with E-state index in [1.807, 2.05) is 0 Å². The van der Waals surface area contributed by atoms with Crippen molar-refractivity contribution in [3.8, 4) is 0 Å². The van der Waals surface area contributed by atoms with Crippen LogP contribution in [0.1, 0.15) is 90.9 Å². The SMILES string of the molecule is CCCCC(CC)CC(CCCCCCCC(=O)O)C(=O)OO. The molecular weight excluding hydrogens is 296 g/mol. The van der Waals surface area contributed by atoms with E-state index in [1.54, 1.807) is 0 Å². The molecule has 136 valence electrons. The lowest BCUT2D eigenvalue weighted by Crippen LogP contribution is -2.20. The van der Waals surface area contributed by atoms with Crippen molar-refractivity contribution in [1.82, 2.24) is 0 Å². The van der Waals surface area contributed by atoms with Crippen LogP contribution in [0.5, 0.6) is 0 Å². The first-order chi connectivity index (χ1) is 11.0. The Morgan fingerprint density at radius 2 is 1.61 bits per heavy atom. The second kappa shape index (κ2) is 14.5. The van der Waals surface area contributed by atoms with Gasteiger partial charge in [-0.05, 0) is 25.2 Å². The highest BCUT2D eigenvalue weighted by atomic mass is 17.1. The maximum atomic E-state index is 11.7. The van der Waals surface area contributed by atoms with Gasteiger partial charge in [0.25, 0.3) is 0 Å². The Balaban J connectivity index is 4.05. The first-order valence-corrected chi connectivity index (χ1v) is 9.12. The first-order valence-electron chi connectivity index (χ1n) is 9.12. The second-order valence-corrected chi connectivity index (χ2v) is 6.46. The molecule has 23 heavy (non-hydrogen) atoms. The van der Waals surface area contributed by atoms with Crippen LogP contribution in [0.15, 0.2) is 0 Å². The van der Waals surface area contributed by atoms with Gasteiger partial charge in [-0.2, -0.15) is 5.26 Å². The molecule has 0 saturated carbocycles. The number of carbonyl (C=O) groups excluding carboxylic acids is 1. The van der Waals surface area contributed by atoms with Gasteiger partial charge in [0, 0.05) is 6.42 Å². The van der Waals surface area contributed by atoms with Crippen LogP contribution in [0, 0.1) is 11.8 Å². The smallest absolute Gasteiger partial charge is 0.345 e. The summed E-state index contributed by atoms with van der Waals surface area (Å²) in [5, 5.41) is 17.3. The fourth-order valence-electron chi connectivity index (χ4n) is 2.99. The van der Waals surface area contributed by atoms with Crippen molar-refractivity contribution in [2.75, 3.05) is 0 Å². The molecule has 0 aromatic rings. The Kier molecular flexibility index (Phi) is 13.8. The Bertz CT molecular complexity index is 317. The zero-order valence-corrected chi connectivity index (χ0v) is 14.8. The lowest BCUT2D eigenvalue weighted by atomic mass is 9.86. The standard InChI is InChI=1S/C18H34O5/c1-3-5-11-15(4-2)14-16(18(21)23-22)12-9-7-6-8-10-13-17(19)20/h15-16,22H,3-14H2,1-2H3,(H,19,20). The normalized spacial score (nSPS) is 13.5. The summed E-state index contributed by atoms with van der Waals surface area (Å²) in [5.74, 6) is -0.963. The predicted molar refractivity (Wildman–Crippen MR) is 90.1 cm³/mol. The molecule has 2 atom stereocenters. The Morgan fingerprint density at radius 1 is 0.957 bits per heavy atom. The van der Waals surface area contributed by atoms with Crippen LogP contribution in [0.3, 0.4) is 0 Å². The van der Waals surface area contributed by atoms with Gasteiger partial charge in [-0.1, -0.05) is 65.2 Å². The first kappa shape index (κ1) is 21.9. The van der Waals surface area contributed by atoms with Crippen LogP contribution in [0.2, 0.25) is 0 Å². The maximum absolute atomic E-state index is 11.7. The molecule has 0 fully saturated rings. The highest BCUT2D eigenvalue weighted by Crippen LogP contribution is 2.26. The molecule has 0 spiro atoms. The minimum absolute atomic E-state index is 0.221. The van der Waals surface area contributed by atoms with Crippen molar-refractivity contribution in [1.29, 1.82) is 0 Å². The molecule has 2 N–H and O–H groups in total. The van der Waals surface area contributed by atoms with E-state index in [1.165, 1.54) is 6.42 Å². The summed E-state index contributed by atoms with van der Waals surface area (Å²) in [5.41, 5.74) is 0. The highest BCUT2D eigenvalue weighted by Gasteiger charge is 2.23. The number of hydrogen-bond donors (Lipinski definition) is 2. The molecule has 5 nitrogen and oxygen atoms in total. The summed E-state index contributed by atoms with van der Waals surface area (Å²) in [6.45, 7) is 4.31. The van der Waals surface area contributed by atoms with Crippen molar-refractivity contribution in [2.45, 2.75) is 90.9 Å². The minimum Gasteiger partial charge on any atom is -0.481 e. The Morgan fingerprint density at radius 3 is 2.17 bits per heavy atom. The number of carboxylic acid groups (broad SMARTS) is 1. The van der Waals surface area contributed by atoms with E-state index in [-0.39, 0.29) is 12.3 Å². The van der Waals surface area contributed by atoms with Crippen LogP contribution < -0.4 is 0 Å². The predicted octanol–water partition coefficient (Wildman–Crippen LogP) is 5.04. The van der Waals surface area contributed by atoms with Gasteiger partial charge in [0.2, 0.25) is 0 Å². The highest BCUT2D eigenvalue weighted by molar-refractivity contribution is 5.71. The van der Waals surface area contributed by atoms with Crippen molar-refractivity contribution in [2.24, 2.45) is 11.8 Å². The van der Waals surface area contributed by atoms with Crippen molar-refractivity contribution >= 4 is 11.9 Å². The monoisotopic (exact) mass is 330 g/mol. The summed E-state index contributed by atoms with van der Waals surface area (Å²) in [7, 11) is 0. The average molecular weight is 330 g/mol. The lowest BCUT2D eigenvalue weighted by molar-refractivity contribution is -0.239. The van der Waals surface area contributed by atoms with Crippen LogP contribution in [-0.4, -0.2) is 22.3 Å². The fraction of sp³-hybridized carbons (Fsp3) is 0.889. The van der Waals surface area contributed by atoms with Gasteiger partial charge in [-0.25, -0.2) is 4.79 Å². The molecule has 0 amide bonds. The number of unbranched alkanes of at least 4 members (excludes halogenated alkanes) is 5. The molecule has 0 aliphatic rings. The van der Waals surface area contributed by atoms with Gasteiger partial charge < -0.3 is 9.99 Å². The summed E-state index contributed by atoms with van der Waals surface area (Å²) in [4.78, 5) is 26.1. The number of hydrogen-bond acceptors (Lipinski definition) is 4. The molecule has 0 aliphatic carbocycles. The third-order valence-electron chi connectivity index (χ3n) is 4.53. The third-order valence-corrected chi connectivity index (χ3v) is 4.53. The van der Waals surface area contributed by atoms with Crippen LogP contribution >= 0.6 is 0 Å². The van der Waals surface area contributed by atoms with E-state index in [2.05, 4.69) is 18.7 Å². The molecular formula is C18H34O5. The van der Waals surface area contributed by atoms with Crippen LogP contribution in [-0.2, 0) is 14.5 Å². The maximum Gasteiger partial charge on any atom is 0.345 e. The topological polar surface area (TPSA) is 83.8 Å². The van der Waals surface area contributed by atoms with Gasteiger partial charge in [0.15, 0.2) is 0 Å². The van der Waals surface area contributed by atoms with Crippen LogP contribution in [0.4, 0.5) is 0 Å². The van der Waals surface area contributed by atoms with Gasteiger partial charge in [0.1, 0.15) is 0 Å². The summed E-state index contributed by atoms with van der Waals surface area (Å²) in [6.07, 6.45) is 10.8. The van der Waals surface area contributed by atoms with Crippen LogP contribution in [0.25, 0.3) is 0 Å². The van der Waals surface area contributed by atoms with E-state index in [4.69, 9.17) is 10.4 Å². The summed E-state index contributed by atoms with van der Waals surface area (Å²) >= 11 is 0. The minimum atomic E-state index is -0.742. The molecule has 0 radical (unpaired) electrons. The lowest BCUT2D eigenvalue weighted by Gasteiger charge is -2.20. The van der Waals surface area contributed by atoms with Gasteiger partial charge >= 0.3 is 11.9 Å². The molecule has 0 saturated heterocycles. The molecule has 0 rings (SSSR count). The Hall–Kier alpha value is -1.10. The van der Waals surface area contributed by atoms with Crippen molar-refractivity contribution in [3.63, 3.8) is 0 Å². The zero-order chi connectivity index (χ0) is 17.5. The zero-order valence-electron chi connectivity index (χ0n) is 14.8. The van der Waals surface area contributed by atoms with E-state index < -0.39 is 11.9 Å². The number of carboxylic acids is 1. The van der Waals surface area contributed by atoms with Crippen molar-refractivity contribution < 1.29 is 24.8 Å². The molecule has 0 heterocycles. The Labute approximate surface area is 140 Å². The van der Waals surface area contributed by atoms with Gasteiger partial charge in [0.05, 0.1) is 5.92 Å². The second-order valence-electron chi connectivity index (χ2n) is 6.46. The molecule has 0 aliphatic heterocycles. The van der Waals surface area contributed by atoms with Gasteiger partial charge in [-0.15, -0.1) is 0 Å². The summed E-state index contributed by atoms with van der Waals surface area (Å²) < 4.78 is 0. The molecule has 2 unspecified atom stereocenters. The fourth-order valence-corrected chi connectivity index (χ4v) is 2.99. The number of rotatable bonds is 15. The summed E-state index contributed by atoms with van der Waals surface area (Å²) in [6, 6.07) is 0. The largest absolute Gasteiger partial charge is 0.481 e. The van der Waals surface area contributed by atoms with E-state index in [9.17, 15) is 9.59 Å². The van der Waals surface area contributed by atoms with E-state index >= 15 is 0 Å². The number of aliphatic carboxylic acids is 1. The number of carbonyl (C=O) groups is 2.